The first-order chi connectivity index (χ1) is 10.3. The van der Waals surface area contributed by atoms with Crippen LogP contribution in [0.5, 0.6) is 0 Å². The third-order valence-electron chi connectivity index (χ3n) is 3.85. The summed E-state index contributed by atoms with van der Waals surface area (Å²) in [6.45, 7) is 0. The smallest absolute Gasteiger partial charge is 0.272 e. The van der Waals surface area contributed by atoms with Crippen LogP contribution in [0.2, 0.25) is 0 Å². The number of H-pyrrole nitrogens is 2. The minimum absolute atomic E-state index is 0.0756. The quantitative estimate of drug-likeness (QED) is 0.576. The van der Waals surface area contributed by atoms with Crippen LogP contribution in [0.3, 0.4) is 0 Å². The van der Waals surface area contributed by atoms with Crippen LogP contribution in [0.4, 0.5) is 0 Å². The molecule has 0 aliphatic heterocycles. The highest BCUT2D eigenvalue weighted by Crippen LogP contribution is 2.24. The van der Waals surface area contributed by atoms with Crippen molar-refractivity contribution >= 4 is 21.8 Å². The summed E-state index contributed by atoms with van der Waals surface area (Å²) in [5, 5.41) is 2.08. The average Bonchev–Trinajstić information content (AvgIpc) is 2.88. The Hall–Kier alpha value is -2.81. The number of aromatic nitrogens is 2. The number of hydrogen-bond donors (Lipinski definition) is 2. The summed E-state index contributed by atoms with van der Waals surface area (Å²) in [4.78, 5) is 17.7. The van der Waals surface area contributed by atoms with E-state index in [1.807, 2.05) is 18.2 Å². The Morgan fingerprint density at radius 3 is 2.57 bits per heavy atom. The molecule has 2 heterocycles. The molecule has 102 valence electrons. The maximum Gasteiger partial charge on any atom is 0.272 e. The molecule has 2 aromatic heterocycles. The fourth-order valence-corrected chi connectivity index (χ4v) is 2.83. The van der Waals surface area contributed by atoms with Gasteiger partial charge in [-0.25, -0.2) is 0 Å². The molecule has 0 spiro atoms. The molecule has 3 heteroatoms. The van der Waals surface area contributed by atoms with E-state index in [0.717, 1.165) is 22.7 Å². The summed E-state index contributed by atoms with van der Waals surface area (Å²) in [5.41, 5.74) is 4.10. The van der Waals surface area contributed by atoms with Crippen LogP contribution < -0.4 is 5.56 Å². The van der Waals surface area contributed by atoms with E-state index in [1.165, 1.54) is 11.1 Å². The number of pyridine rings is 1. The van der Waals surface area contributed by atoms with Gasteiger partial charge in [0.15, 0.2) is 0 Å². The van der Waals surface area contributed by atoms with E-state index >= 15 is 0 Å². The summed E-state index contributed by atoms with van der Waals surface area (Å²) < 4.78 is 0. The molecule has 4 rings (SSSR count). The van der Waals surface area contributed by atoms with Crippen LogP contribution in [0, 0.1) is 0 Å². The number of fused-ring (bicyclic) bond motifs is 3. The van der Waals surface area contributed by atoms with Gasteiger partial charge in [0.05, 0.1) is 0 Å². The Bertz CT molecular complexity index is 980. The lowest BCUT2D eigenvalue weighted by atomic mass is 10.0. The highest BCUT2D eigenvalue weighted by atomic mass is 16.1. The van der Waals surface area contributed by atoms with Gasteiger partial charge >= 0.3 is 0 Å². The van der Waals surface area contributed by atoms with E-state index in [0.29, 0.717) is 5.52 Å². The summed E-state index contributed by atoms with van der Waals surface area (Å²) >= 11 is 0. The van der Waals surface area contributed by atoms with Crippen molar-refractivity contribution < 1.29 is 0 Å². The first-order valence-corrected chi connectivity index (χ1v) is 6.97. The minimum atomic E-state index is -0.0756. The topological polar surface area (TPSA) is 48.6 Å². The van der Waals surface area contributed by atoms with Crippen molar-refractivity contribution in [3.63, 3.8) is 0 Å². The number of aromatic amines is 2. The van der Waals surface area contributed by atoms with Crippen LogP contribution in [-0.4, -0.2) is 9.97 Å². The van der Waals surface area contributed by atoms with E-state index in [-0.39, 0.29) is 5.56 Å². The monoisotopic (exact) mass is 274 g/mol. The normalized spacial score (nSPS) is 11.2. The second-order valence-electron chi connectivity index (χ2n) is 5.26. The molecular weight excluding hydrogens is 260 g/mol. The van der Waals surface area contributed by atoms with Gasteiger partial charge in [0, 0.05) is 22.5 Å². The molecule has 0 radical (unpaired) electrons. The Labute approximate surface area is 121 Å². The number of hydrogen-bond acceptors (Lipinski definition) is 1. The third kappa shape index (κ3) is 2.03. The second-order valence-corrected chi connectivity index (χ2v) is 5.26. The van der Waals surface area contributed by atoms with E-state index in [2.05, 4.69) is 46.4 Å². The van der Waals surface area contributed by atoms with Crippen LogP contribution in [0.1, 0.15) is 11.1 Å². The molecule has 0 saturated carbocycles. The largest absolute Gasteiger partial charge is 0.350 e. The molecule has 0 unspecified atom stereocenters. The number of nitrogens with one attached hydrogen (secondary N) is 2. The maximum atomic E-state index is 11.8. The standard InChI is InChI=1S/C18H14N2O/c21-18-17-14(8-9-19-18)15-11-13(6-7-16(15)20-17)10-12-4-2-1-3-5-12/h1-9,11,20H,10H2,(H,19,21). The lowest BCUT2D eigenvalue weighted by Gasteiger charge is -2.02. The molecule has 21 heavy (non-hydrogen) atoms. The predicted octanol–water partition coefficient (Wildman–Crippen LogP) is 3.60. The molecule has 3 nitrogen and oxygen atoms in total. The fraction of sp³-hybridized carbons (Fsp3) is 0.0556. The molecule has 4 aromatic rings. The van der Waals surface area contributed by atoms with Gasteiger partial charge in [-0.3, -0.25) is 4.79 Å². The van der Waals surface area contributed by atoms with Crippen LogP contribution in [-0.2, 0) is 6.42 Å². The summed E-state index contributed by atoms with van der Waals surface area (Å²) in [5.74, 6) is 0. The Balaban J connectivity index is 1.87. The van der Waals surface area contributed by atoms with Crippen LogP contribution in [0.15, 0.2) is 65.6 Å². The predicted molar refractivity (Wildman–Crippen MR) is 85.7 cm³/mol. The minimum Gasteiger partial charge on any atom is -0.350 e. The molecule has 0 amide bonds. The fourth-order valence-electron chi connectivity index (χ4n) is 2.83. The second kappa shape index (κ2) is 4.63. The van der Waals surface area contributed by atoms with Gasteiger partial charge in [0.1, 0.15) is 5.52 Å². The van der Waals surface area contributed by atoms with Gasteiger partial charge in [-0.2, -0.15) is 0 Å². The molecule has 0 atom stereocenters. The van der Waals surface area contributed by atoms with E-state index in [4.69, 9.17) is 0 Å². The molecular formula is C18H14N2O. The van der Waals surface area contributed by atoms with Crippen LogP contribution >= 0.6 is 0 Å². The van der Waals surface area contributed by atoms with Gasteiger partial charge in [-0.1, -0.05) is 36.4 Å². The summed E-state index contributed by atoms with van der Waals surface area (Å²) in [6.07, 6.45) is 2.59. The molecule has 0 saturated heterocycles. The number of benzene rings is 2. The summed E-state index contributed by atoms with van der Waals surface area (Å²) in [7, 11) is 0. The lowest BCUT2D eigenvalue weighted by molar-refractivity contribution is 1.20. The molecule has 2 aromatic carbocycles. The van der Waals surface area contributed by atoms with Gasteiger partial charge in [0.25, 0.3) is 5.56 Å². The SMILES string of the molecule is O=c1[nH]ccc2c1[nH]c1ccc(Cc3ccccc3)cc12. The van der Waals surface area contributed by atoms with Crippen molar-refractivity contribution in [2.75, 3.05) is 0 Å². The Morgan fingerprint density at radius 2 is 1.71 bits per heavy atom. The molecule has 0 aliphatic carbocycles. The zero-order valence-electron chi connectivity index (χ0n) is 11.4. The van der Waals surface area contributed by atoms with Crippen molar-refractivity contribution in [3.05, 3.63) is 82.3 Å². The van der Waals surface area contributed by atoms with Crippen molar-refractivity contribution in [2.45, 2.75) is 6.42 Å². The van der Waals surface area contributed by atoms with Gasteiger partial charge in [0.2, 0.25) is 0 Å². The molecule has 0 fully saturated rings. The first-order valence-electron chi connectivity index (χ1n) is 6.97. The molecule has 0 aliphatic rings. The van der Waals surface area contributed by atoms with E-state index in [1.54, 1.807) is 6.20 Å². The maximum absolute atomic E-state index is 11.8. The average molecular weight is 274 g/mol. The highest BCUT2D eigenvalue weighted by Gasteiger charge is 2.07. The van der Waals surface area contributed by atoms with Crippen molar-refractivity contribution in [3.8, 4) is 0 Å². The summed E-state index contributed by atoms with van der Waals surface area (Å²) in [6, 6.07) is 18.7. The van der Waals surface area contributed by atoms with Crippen molar-refractivity contribution in [2.24, 2.45) is 0 Å². The van der Waals surface area contributed by atoms with Crippen LogP contribution in [0.25, 0.3) is 21.8 Å². The first kappa shape index (κ1) is 12.0. The van der Waals surface area contributed by atoms with Gasteiger partial charge in [-0.15, -0.1) is 0 Å². The zero-order valence-corrected chi connectivity index (χ0v) is 11.4. The van der Waals surface area contributed by atoms with E-state index < -0.39 is 0 Å². The van der Waals surface area contributed by atoms with E-state index in [9.17, 15) is 4.79 Å². The Kier molecular flexibility index (Phi) is 2.64. The zero-order chi connectivity index (χ0) is 14.2. The molecule has 2 N–H and O–H groups in total. The Morgan fingerprint density at radius 1 is 0.857 bits per heavy atom. The lowest BCUT2D eigenvalue weighted by Crippen LogP contribution is -2.03. The number of rotatable bonds is 2. The van der Waals surface area contributed by atoms with Crippen molar-refractivity contribution in [1.29, 1.82) is 0 Å². The van der Waals surface area contributed by atoms with Gasteiger partial charge in [-0.05, 0) is 35.7 Å². The van der Waals surface area contributed by atoms with Gasteiger partial charge < -0.3 is 9.97 Å². The molecule has 0 bridgehead atoms. The third-order valence-corrected chi connectivity index (χ3v) is 3.85. The van der Waals surface area contributed by atoms with Crippen molar-refractivity contribution in [1.82, 2.24) is 9.97 Å². The highest BCUT2D eigenvalue weighted by molar-refractivity contribution is 6.06.